The number of methoxy groups -OCH3 is 1. The Morgan fingerprint density at radius 2 is 2.11 bits per heavy atom. The lowest BCUT2D eigenvalue weighted by Gasteiger charge is -2.28. The van der Waals surface area contributed by atoms with Gasteiger partial charge in [0.2, 0.25) is 0 Å². The summed E-state index contributed by atoms with van der Waals surface area (Å²) < 4.78 is 7.84. The standard InChI is InChI=1S/C23H30N4O/c1-5-6-23-24-12-17-13-26(10-9-21(17)25-23)14-18-15-27(16(2)3)22-8-7-19(28-4)11-20(18)22/h7-8,11-12,15-16H,5-6,9-10,13-14H2,1-4H3. The summed E-state index contributed by atoms with van der Waals surface area (Å²) in [6, 6.07) is 6.82. The Morgan fingerprint density at radius 1 is 1.25 bits per heavy atom. The Kier molecular flexibility index (Phi) is 5.36. The monoisotopic (exact) mass is 378 g/mol. The van der Waals surface area contributed by atoms with Gasteiger partial charge in [-0.2, -0.15) is 0 Å². The van der Waals surface area contributed by atoms with Crippen molar-refractivity contribution in [3.05, 3.63) is 53.2 Å². The highest BCUT2D eigenvalue weighted by atomic mass is 16.5. The number of nitrogens with zero attached hydrogens (tertiary/aromatic N) is 4. The lowest BCUT2D eigenvalue weighted by atomic mass is 10.1. The SMILES string of the molecule is CCCc1ncc2c(n1)CCN(Cc1cn(C(C)C)c3ccc(OC)cc13)C2. The minimum Gasteiger partial charge on any atom is -0.497 e. The second-order valence-corrected chi connectivity index (χ2v) is 8.01. The van der Waals surface area contributed by atoms with Crippen LogP contribution in [0.4, 0.5) is 0 Å². The lowest BCUT2D eigenvalue weighted by Crippen LogP contribution is -2.31. The van der Waals surface area contributed by atoms with E-state index in [2.05, 4.69) is 53.6 Å². The third kappa shape index (κ3) is 3.63. The molecule has 4 rings (SSSR count). The molecule has 0 radical (unpaired) electrons. The zero-order valence-electron chi connectivity index (χ0n) is 17.4. The van der Waals surface area contributed by atoms with Gasteiger partial charge >= 0.3 is 0 Å². The third-order valence-electron chi connectivity index (χ3n) is 5.61. The Morgan fingerprint density at radius 3 is 2.86 bits per heavy atom. The third-order valence-corrected chi connectivity index (χ3v) is 5.61. The predicted molar refractivity (Wildman–Crippen MR) is 113 cm³/mol. The van der Waals surface area contributed by atoms with Crippen LogP contribution >= 0.6 is 0 Å². The number of aryl methyl sites for hydroxylation is 1. The lowest BCUT2D eigenvalue weighted by molar-refractivity contribution is 0.243. The molecule has 0 unspecified atom stereocenters. The van der Waals surface area contributed by atoms with Gasteiger partial charge in [0.05, 0.1) is 7.11 Å². The van der Waals surface area contributed by atoms with Crippen LogP contribution in [0.5, 0.6) is 5.75 Å². The van der Waals surface area contributed by atoms with Crippen LogP contribution in [-0.4, -0.2) is 33.1 Å². The molecular formula is C23H30N4O. The van der Waals surface area contributed by atoms with Crippen molar-refractivity contribution < 1.29 is 4.74 Å². The summed E-state index contributed by atoms with van der Waals surface area (Å²) in [4.78, 5) is 11.9. The average molecular weight is 379 g/mol. The van der Waals surface area contributed by atoms with Crippen molar-refractivity contribution in [2.24, 2.45) is 0 Å². The molecule has 1 aliphatic rings. The van der Waals surface area contributed by atoms with E-state index in [-0.39, 0.29) is 0 Å². The molecule has 3 aromatic rings. The minimum absolute atomic E-state index is 0.428. The maximum atomic E-state index is 5.48. The van der Waals surface area contributed by atoms with Crippen LogP contribution in [0.2, 0.25) is 0 Å². The van der Waals surface area contributed by atoms with Crippen molar-refractivity contribution in [2.45, 2.75) is 59.2 Å². The van der Waals surface area contributed by atoms with Crippen molar-refractivity contribution in [1.29, 1.82) is 0 Å². The Balaban J connectivity index is 1.60. The molecule has 0 N–H and O–H groups in total. The van der Waals surface area contributed by atoms with Crippen molar-refractivity contribution in [2.75, 3.05) is 13.7 Å². The summed E-state index contributed by atoms with van der Waals surface area (Å²) in [6.45, 7) is 9.52. The molecule has 0 aliphatic carbocycles. The first-order chi connectivity index (χ1) is 13.6. The van der Waals surface area contributed by atoms with Gasteiger partial charge in [-0.3, -0.25) is 4.90 Å². The molecule has 3 heterocycles. The van der Waals surface area contributed by atoms with Gasteiger partial charge in [0, 0.05) is 73.1 Å². The van der Waals surface area contributed by atoms with Gasteiger partial charge < -0.3 is 9.30 Å². The van der Waals surface area contributed by atoms with E-state index in [4.69, 9.17) is 9.72 Å². The summed E-state index contributed by atoms with van der Waals surface area (Å²) in [6.07, 6.45) is 7.41. The zero-order valence-corrected chi connectivity index (χ0v) is 17.4. The van der Waals surface area contributed by atoms with Crippen molar-refractivity contribution in [3.63, 3.8) is 0 Å². The maximum Gasteiger partial charge on any atom is 0.128 e. The average Bonchev–Trinajstić information content (AvgIpc) is 3.06. The summed E-state index contributed by atoms with van der Waals surface area (Å²) in [5, 5.41) is 1.29. The highest BCUT2D eigenvalue weighted by Crippen LogP contribution is 2.30. The zero-order chi connectivity index (χ0) is 19.7. The van der Waals surface area contributed by atoms with E-state index in [9.17, 15) is 0 Å². The molecule has 5 heteroatoms. The van der Waals surface area contributed by atoms with Crippen molar-refractivity contribution >= 4 is 10.9 Å². The predicted octanol–water partition coefficient (Wildman–Crippen LogP) is 4.53. The van der Waals surface area contributed by atoms with Crippen LogP contribution < -0.4 is 4.74 Å². The van der Waals surface area contributed by atoms with Crippen molar-refractivity contribution in [1.82, 2.24) is 19.4 Å². The van der Waals surface area contributed by atoms with Crippen LogP contribution in [0.3, 0.4) is 0 Å². The fourth-order valence-corrected chi connectivity index (χ4v) is 4.12. The summed E-state index contributed by atoms with van der Waals surface area (Å²) in [7, 11) is 1.73. The second-order valence-electron chi connectivity index (χ2n) is 8.01. The molecule has 0 bridgehead atoms. The summed E-state index contributed by atoms with van der Waals surface area (Å²) in [5.74, 6) is 1.90. The van der Waals surface area contributed by atoms with E-state index in [1.807, 2.05) is 12.3 Å². The van der Waals surface area contributed by atoms with E-state index in [1.54, 1.807) is 7.11 Å². The molecule has 0 amide bonds. The van der Waals surface area contributed by atoms with Gasteiger partial charge in [0.15, 0.2) is 0 Å². The van der Waals surface area contributed by atoms with Gasteiger partial charge in [0.1, 0.15) is 11.6 Å². The first-order valence-electron chi connectivity index (χ1n) is 10.3. The van der Waals surface area contributed by atoms with E-state index in [0.29, 0.717) is 6.04 Å². The smallest absolute Gasteiger partial charge is 0.128 e. The summed E-state index contributed by atoms with van der Waals surface area (Å²) in [5.41, 5.74) is 5.14. The topological polar surface area (TPSA) is 43.2 Å². The first kappa shape index (κ1) is 18.9. The molecule has 28 heavy (non-hydrogen) atoms. The highest BCUT2D eigenvalue weighted by molar-refractivity contribution is 5.85. The maximum absolute atomic E-state index is 5.48. The number of hydrogen-bond donors (Lipinski definition) is 0. The Hall–Kier alpha value is -2.40. The number of fused-ring (bicyclic) bond motifs is 2. The fourth-order valence-electron chi connectivity index (χ4n) is 4.12. The summed E-state index contributed by atoms with van der Waals surface area (Å²) >= 11 is 0. The molecular weight excluding hydrogens is 348 g/mol. The van der Waals surface area contributed by atoms with Gasteiger partial charge in [-0.15, -0.1) is 0 Å². The highest BCUT2D eigenvalue weighted by Gasteiger charge is 2.20. The molecule has 0 atom stereocenters. The van der Waals surface area contributed by atoms with Gasteiger partial charge in [-0.1, -0.05) is 6.92 Å². The molecule has 2 aromatic heterocycles. The molecule has 1 aliphatic heterocycles. The fraction of sp³-hybridized carbons (Fsp3) is 0.478. The molecule has 148 valence electrons. The Bertz CT molecular complexity index is 976. The van der Waals surface area contributed by atoms with Crippen LogP contribution in [0.1, 0.15) is 55.9 Å². The normalized spacial score (nSPS) is 14.6. The largest absolute Gasteiger partial charge is 0.497 e. The van der Waals surface area contributed by atoms with Crippen LogP contribution in [0.15, 0.2) is 30.6 Å². The molecule has 1 aromatic carbocycles. The van der Waals surface area contributed by atoms with Gasteiger partial charge in [0.25, 0.3) is 0 Å². The molecule has 0 fully saturated rings. The molecule has 0 spiro atoms. The number of ether oxygens (including phenoxy) is 1. The first-order valence-corrected chi connectivity index (χ1v) is 10.3. The molecule has 0 saturated heterocycles. The van der Waals surface area contributed by atoms with E-state index in [0.717, 1.165) is 50.5 Å². The van der Waals surface area contributed by atoms with Crippen LogP contribution in [0.25, 0.3) is 10.9 Å². The van der Waals surface area contributed by atoms with E-state index >= 15 is 0 Å². The van der Waals surface area contributed by atoms with Crippen molar-refractivity contribution in [3.8, 4) is 5.75 Å². The quantitative estimate of drug-likeness (QED) is 0.632. The number of hydrogen-bond acceptors (Lipinski definition) is 4. The second kappa shape index (κ2) is 7.92. The minimum atomic E-state index is 0.428. The number of aromatic nitrogens is 3. The Labute approximate surface area is 167 Å². The molecule has 0 saturated carbocycles. The van der Waals surface area contributed by atoms with Crippen LogP contribution in [-0.2, 0) is 25.9 Å². The van der Waals surface area contributed by atoms with Gasteiger partial charge in [-0.05, 0) is 44.0 Å². The van der Waals surface area contributed by atoms with Gasteiger partial charge in [-0.25, -0.2) is 9.97 Å². The van der Waals surface area contributed by atoms with Crippen LogP contribution in [0, 0.1) is 0 Å². The van der Waals surface area contributed by atoms with E-state index < -0.39 is 0 Å². The number of rotatable bonds is 6. The van der Waals surface area contributed by atoms with E-state index in [1.165, 1.54) is 27.7 Å². The number of benzene rings is 1. The molecule has 5 nitrogen and oxygen atoms in total.